The Morgan fingerprint density at radius 1 is 1.47 bits per heavy atom. The van der Waals surface area contributed by atoms with Crippen LogP contribution in [0.1, 0.15) is 6.92 Å². The minimum absolute atomic E-state index is 0.0674. The summed E-state index contributed by atoms with van der Waals surface area (Å²) in [5, 5.41) is 14.7. The Morgan fingerprint density at radius 2 is 2.12 bits per heavy atom. The lowest BCUT2D eigenvalue weighted by Crippen LogP contribution is -2.51. The molecule has 0 heterocycles. The lowest BCUT2D eigenvalue weighted by atomic mass is 10.5. The molecule has 6 N–H and O–H groups in total. The minimum atomic E-state index is -0.732. The molecule has 17 heavy (non-hydrogen) atoms. The van der Waals surface area contributed by atoms with Crippen molar-refractivity contribution in [1.82, 2.24) is 16.1 Å². The quantitative estimate of drug-likeness (QED) is 0.195. The molecule has 0 aliphatic rings. The Balaban J connectivity index is 4.13. The average Bonchev–Trinajstić information content (AvgIpc) is 2.25. The largest absolute Gasteiger partial charge is 0.369 e. The van der Waals surface area contributed by atoms with Crippen LogP contribution in [0.3, 0.4) is 0 Å². The second-order valence-corrected chi connectivity index (χ2v) is 3.61. The van der Waals surface area contributed by atoms with E-state index in [0.29, 0.717) is 5.23 Å². The molecular formula is C7H16ClFN6O2. The molecule has 0 amide bonds. The van der Waals surface area contributed by atoms with Gasteiger partial charge in [-0.1, -0.05) is 5.23 Å². The molecule has 0 aliphatic heterocycles. The normalized spacial score (nSPS) is 11.7. The van der Waals surface area contributed by atoms with Gasteiger partial charge in [0.2, 0.25) is 5.96 Å². The lowest BCUT2D eigenvalue weighted by Gasteiger charge is -2.23. The van der Waals surface area contributed by atoms with Gasteiger partial charge in [0, 0.05) is 0 Å². The highest BCUT2D eigenvalue weighted by atomic mass is 35.5. The maximum atomic E-state index is 11.9. The fourth-order valence-electron chi connectivity index (χ4n) is 0.626. The van der Waals surface area contributed by atoms with E-state index >= 15 is 0 Å². The number of alkyl halides is 2. The van der Waals surface area contributed by atoms with Gasteiger partial charge in [-0.15, -0.1) is 11.6 Å². The van der Waals surface area contributed by atoms with E-state index in [2.05, 4.69) is 10.9 Å². The van der Waals surface area contributed by atoms with Gasteiger partial charge in [-0.3, -0.25) is 21.7 Å². The van der Waals surface area contributed by atoms with Crippen LogP contribution in [0.4, 0.5) is 4.39 Å². The number of hydroxylamine groups is 2. The van der Waals surface area contributed by atoms with E-state index in [1.54, 1.807) is 6.92 Å². The third-order valence-electron chi connectivity index (χ3n) is 1.21. The van der Waals surface area contributed by atoms with Crippen molar-refractivity contribution >= 4 is 23.5 Å². The summed E-state index contributed by atoms with van der Waals surface area (Å²) in [4.78, 5) is 9.75. The predicted molar refractivity (Wildman–Crippen MR) is 60.9 cm³/mol. The molecule has 0 bridgehead atoms. The Morgan fingerprint density at radius 3 is 2.59 bits per heavy atom. The zero-order chi connectivity index (χ0) is 13.3. The minimum Gasteiger partial charge on any atom is -0.369 e. The van der Waals surface area contributed by atoms with Crippen LogP contribution in [-0.2, 0) is 9.68 Å². The van der Waals surface area contributed by atoms with Crippen LogP contribution in [0.15, 0.2) is 0 Å². The van der Waals surface area contributed by atoms with Crippen LogP contribution < -0.4 is 16.6 Å². The molecule has 100 valence electrons. The fourth-order valence-corrected chi connectivity index (χ4v) is 0.683. The molecule has 0 fully saturated rings. The standard InChI is InChI=1S/C7H16ClFN6O2/c1-5(8)4-17-15(16-3-2-9)7(12)14-13-6(10)11/h5H,2-4H2,1H3,(H2,12,14)(H4,10,11,13). The molecule has 1 atom stereocenters. The molecule has 0 aromatic rings. The van der Waals surface area contributed by atoms with Crippen LogP contribution in [0, 0.1) is 10.8 Å². The van der Waals surface area contributed by atoms with Crippen molar-refractivity contribution in [1.29, 1.82) is 10.8 Å². The number of nitrogens with zero attached hydrogens (tertiary/aromatic N) is 1. The molecule has 0 aliphatic carbocycles. The van der Waals surface area contributed by atoms with Gasteiger partial charge in [0.15, 0.2) is 0 Å². The first-order valence-corrected chi connectivity index (χ1v) is 5.11. The van der Waals surface area contributed by atoms with Crippen LogP contribution >= 0.6 is 11.6 Å². The highest BCUT2D eigenvalue weighted by Crippen LogP contribution is 1.99. The summed E-state index contributed by atoms with van der Waals surface area (Å²) in [6, 6.07) is 0. The van der Waals surface area contributed by atoms with Crippen LogP contribution in [0.25, 0.3) is 0 Å². The summed E-state index contributed by atoms with van der Waals surface area (Å²) >= 11 is 5.65. The van der Waals surface area contributed by atoms with Crippen molar-refractivity contribution in [2.24, 2.45) is 5.73 Å². The zero-order valence-electron chi connectivity index (χ0n) is 9.30. The molecule has 8 nitrogen and oxygen atoms in total. The van der Waals surface area contributed by atoms with Gasteiger partial charge in [0.05, 0.1) is 12.0 Å². The molecule has 0 aromatic heterocycles. The number of hydrazine groups is 1. The Bertz CT molecular complexity index is 255. The van der Waals surface area contributed by atoms with Gasteiger partial charge in [-0.05, 0) is 6.92 Å². The van der Waals surface area contributed by atoms with Gasteiger partial charge in [0.25, 0.3) is 5.96 Å². The topological polar surface area (TPSA) is 119 Å². The zero-order valence-corrected chi connectivity index (χ0v) is 10.1. The molecule has 10 heteroatoms. The Kier molecular flexibility index (Phi) is 8.11. The monoisotopic (exact) mass is 270 g/mol. The summed E-state index contributed by atoms with van der Waals surface area (Å²) in [6.07, 6.45) is 0. The number of halogens is 2. The maximum absolute atomic E-state index is 11.9. The van der Waals surface area contributed by atoms with Gasteiger partial charge >= 0.3 is 0 Å². The SMILES string of the molecule is CC(Cl)CON(OCCF)C(=N)NNC(=N)N. The number of hydrogen-bond donors (Lipinski definition) is 5. The summed E-state index contributed by atoms with van der Waals surface area (Å²) in [6.45, 7) is 0.738. The van der Waals surface area contributed by atoms with Gasteiger partial charge in [-0.25, -0.2) is 14.1 Å². The summed E-state index contributed by atoms with van der Waals surface area (Å²) in [5.74, 6) is -0.795. The smallest absolute Gasteiger partial charge is 0.263 e. The van der Waals surface area contributed by atoms with E-state index in [-0.39, 0.29) is 18.6 Å². The van der Waals surface area contributed by atoms with E-state index in [0.717, 1.165) is 0 Å². The summed E-state index contributed by atoms with van der Waals surface area (Å²) in [5.41, 5.74) is 9.35. The lowest BCUT2D eigenvalue weighted by molar-refractivity contribution is -0.319. The highest BCUT2D eigenvalue weighted by molar-refractivity contribution is 6.20. The number of guanidine groups is 2. The summed E-state index contributed by atoms with van der Waals surface area (Å²) < 4.78 is 11.9. The molecular weight excluding hydrogens is 255 g/mol. The van der Waals surface area contributed by atoms with Crippen LogP contribution in [0.2, 0.25) is 0 Å². The second-order valence-electron chi connectivity index (χ2n) is 2.87. The first kappa shape index (κ1) is 15.7. The van der Waals surface area contributed by atoms with Crippen molar-refractivity contribution in [3.63, 3.8) is 0 Å². The van der Waals surface area contributed by atoms with Crippen molar-refractivity contribution in [2.75, 3.05) is 19.9 Å². The van der Waals surface area contributed by atoms with E-state index in [9.17, 15) is 4.39 Å². The van der Waals surface area contributed by atoms with Gasteiger partial charge in [0.1, 0.15) is 13.3 Å². The first-order valence-electron chi connectivity index (χ1n) is 4.68. The van der Waals surface area contributed by atoms with Crippen molar-refractivity contribution in [3.05, 3.63) is 0 Å². The first-order chi connectivity index (χ1) is 7.97. The summed E-state index contributed by atoms with van der Waals surface area (Å²) in [7, 11) is 0. The molecule has 0 rings (SSSR count). The number of rotatable bonds is 6. The van der Waals surface area contributed by atoms with Crippen LogP contribution in [0.5, 0.6) is 0 Å². The fraction of sp³-hybridized carbons (Fsp3) is 0.714. The maximum Gasteiger partial charge on any atom is 0.263 e. The Labute approximate surface area is 103 Å². The number of hydrogen-bond acceptors (Lipinski definition) is 4. The molecule has 0 saturated heterocycles. The van der Waals surface area contributed by atoms with E-state index in [1.165, 1.54) is 0 Å². The average molecular weight is 271 g/mol. The molecule has 0 spiro atoms. The number of nitrogens with two attached hydrogens (primary N) is 1. The van der Waals surface area contributed by atoms with Crippen LogP contribution in [-0.4, -0.2) is 42.4 Å². The van der Waals surface area contributed by atoms with E-state index in [1.807, 2.05) is 0 Å². The second kappa shape index (κ2) is 8.79. The third-order valence-corrected chi connectivity index (χ3v) is 1.33. The molecule has 0 saturated carbocycles. The van der Waals surface area contributed by atoms with Gasteiger partial charge in [-0.2, -0.15) is 0 Å². The van der Waals surface area contributed by atoms with E-state index in [4.69, 9.17) is 37.8 Å². The number of nitrogens with one attached hydrogen (secondary N) is 4. The molecule has 0 radical (unpaired) electrons. The van der Waals surface area contributed by atoms with E-state index < -0.39 is 18.6 Å². The van der Waals surface area contributed by atoms with Crippen molar-refractivity contribution < 1.29 is 14.1 Å². The third kappa shape index (κ3) is 8.48. The van der Waals surface area contributed by atoms with Crippen molar-refractivity contribution in [2.45, 2.75) is 12.3 Å². The highest BCUT2D eigenvalue weighted by Gasteiger charge is 2.13. The Hall–Kier alpha value is -1.32. The molecule has 0 aromatic carbocycles. The van der Waals surface area contributed by atoms with Crippen molar-refractivity contribution in [3.8, 4) is 0 Å². The predicted octanol–water partition coefficient (Wildman–Crippen LogP) is -0.329. The van der Waals surface area contributed by atoms with Gasteiger partial charge < -0.3 is 5.73 Å². The molecule has 1 unspecified atom stereocenters.